The molecule has 0 aliphatic carbocycles. The predicted molar refractivity (Wildman–Crippen MR) is 80.9 cm³/mol. The topological polar surface area (TPSA) is 92.5 Å². The maximum Gasteiger partial charge on any atom is 0.0624 e. The molecule has 2 rings (SSSR count). The third-order valence-corrected chi connectivity index (χ3v) is 2.85. The monoisotopic (exact) mass is 274 g/mol. The van der Waals surface area contributed by atoms with E-state index in [4.69, 9.17) is 21.7 Å². The van der Waals surface area contributed by atoms with Crippen LogP contribution in [0, 0.1) is 0 Å². The summed E-state index contributed by atoms with van der Waals surface area (Å²) in [6.45, 7) is 0.00796. The normalized spacial score (nSPS) is 13.0. The smallest absolute Gasteiger partial charge is 0.0624 e. The second-order valence-corrected chi connectivity index (χ2v) is 4.40. The van der Waals surface area contributed by atoms with Gasteiger partial charge in [0.2, 0.25) is 0 Å². The summed E-state index contributed by atoms with van der Waals surface area (Å²) in [5.41, 5.74) is 13.0. The lowest BCUT2D eigenvalue weighted by molar-refractivity contribution is 0.268. The van der Waals surface area contributed by atoms with Crippen LogP contribution in [0.4, 0.5) is 0 Å². The number of aliphatic hydroxyl groups excluding tert-OH is 2. The molecule has 0 spiro atoms. The summed E-state index contributed by atoms with van der Waals surface area (Å²) in [4.78, 5) is 0. The molecule has 4 heteroatoms. The predicted octanol–water partition coefficient (Wildman–Crippen LogP) is 1.36. The van der Waals surface area contributed by atoms with Crippen molar-refractivity contribution in [3.8, 4) is 0 Å². The van der Waals surface area contributed by atoms with Crippen LogP contribution in [0.25, 0.3) is 0 Å². The summed E-state index contributed by atoms with van der Waals surface area (Å²) in [5, 5.41) is 17.3. The summed E-state index contributed by atoms with van der Waals surface area (Å²) in [5.74, 6) is 0. The molecule has 0 heterocycles. The van der Waals surface area contributed by atoms with Gasteiger partial charge in [0.1, 0.15) is 0 Å². The lowest BCUT2D eigenvalue weighted by Crippen LogP contribution is -2.13. The summed E-state index contributed by atoms with van der Waals surface area (Å²) in [6, 6.07) is 18.6. The molecule has 6 N–H and O–H groups in total. The van der Waals surface area contributed by atoms with Crippen molar-refractivity contribution in [1.82, 2.24) is 0 Å². The minimum absolute atomic E-state index is 0.00398. The van der Waals surface area contributed by atoms with Crippen molar-refractivity contribution in [2.45, 2.75) is 12.1 Å². The third kappa shape index (κ3) is 5.50. The second-order valence-electron chi connectivity index (χ2n) is 4.40. The molecule has 0 aromatic heterocycles. The Morgan fingerprint density at radius 2 is 0.950 bits per heavy atom. The fraction of sp³-hybridized carbons (Fsp3) is 0.250. The summed E-state index contributed by atoms with van der Waals surface area (Å²) >= 11 is 0. The molecule has 0 aliphatic heterocycles. The summed E-state index contributed by atoms with van der Waals surface area (Å²) < 4.78 is 0. The van der Waals surface area contributed by atoms with Gasteiger partial charge in [0.25, 0.3) is 0 Å². The molecule has 0 radical (unpaired) electrons. The van der Waals surface area contributed by atoms with Crippen LogP contribution in [-0.4, -0.2) is 23.4 Å². The zero-order chi connectivity index (χ0) is 14.8. The van der Waals surface area contributed by atoms with Crippen LogP contribution in [0.15, 0.2) is 60.7 Å². The average Bonchev–Trinajstić information content (AvgIpc) is 2.55. The number of rotatable bonds is 4. The van der Waals surface area contributed by atoms with Crippen molar-refractivity contribution in [1.29, 1.82) is 0 Å². The van der Waals surface area contributed by atoms with Gasteiger partial charge in [-0.15, -0.1) is 0 Å². The average molecular weight is 274 g/mol. The fourth-order valence-corrected chi connectivity index (χ4v) is 1.61. The van der Waals surface area contributed by atoms with E-state index in [0.29, 0.717) is 0 Å². The Morgan fingerprint density at radius 1 is 0.650 bits per heavy atom. The first-order valence-corrected chi connectivity index (χ1v) is 6.51. The molecule has 2 aromatic rings. The van der Waals surface area contributed by atoms with Gasteiger partial charge in [-0.1, -0.05) is 60.7 Å². The molecule has 20 heavy (non-hydrogen) atoms. The van der Waals surface area contributed by atoms with Crippen molar-refractivity contribution >= 4 is 0 Å². The Hall–Kier alpha value is -1.72. The lowest BCUT2D eigenvalue weighted by atomic mass is 10.1. The summed E-state index contributed by atoms with van der Waals surface area (Å²) in [6.07, 6.45) is 0. The van der Waals surface area contributed by atoms with Gasteiger partial charge in [0.05, 0.1) is 25.3 Å². The Bertz CT molecular complexity index is 417. The van der Waals surface area contributed by atoms with Crippen LogP contribution < -0.4 is 11.5 Å². The van der Waals surface area contributed by atoms with Gasteiger partial charge in [-0.3, -0.25) is 0 Å². The number of aliphatic hydroxyl groups is 2. The van der Waals surface area contributed by atoms with Crippen LogP contribution in [0.5, 0.6) is 0 Å². The molecule has 108 valence electrons. The zero-order valence-corrected chi connectivity index (χ0v) is 11.4. The zero-order valence-electron chi connectivity index (χ0n) is 11.4. The first kappa shape index (κ1) is 16.3. The fourth-order valence-electron chi connectivity index (χ4n) is 1.61. The van der Waals surface area contributed by atoms with Gasteiger partial charge in [-0.25, -0.2) is 0 Å². The van der Waals surface area contributed by atoms with Crippen LogP contribution in [0.1, 0.15) is 23.2 Å². The van der Waals surface area contributed by atoms with Crippen molar-refractivity contribution in [2.24, 2.45) is 11.5 Å². The van der Waals surface area contributed by atoms with Gasteiger partial charge in [-0.2, -0.15) is 0 Å². The van der Waals surface area contributed by atoms with E-state index in [-0.39, 0.29) is 25.3 Å². The molecule has 0 aliphatic rings. The van der Waals surface area contributed by atoms with E-state index in [9.17, 15) is 0 Å². The van der Waals surface area contributed by atoms with Crippen LogP contribution in [-0.2, 0) is 0 Å². The van der Waals surface area contributed by atoms with Crippen LogP contribution >= 0.6 is 0 Å². The minimum Gasteiger partial charge on any atom is -0.394 e. The van der Waals surface area contributed by atoms with Gasteiger partial charge in [0, 0.05) is 0 Å². The summed E-state index contributed by atoms with van der Waals surface area (Å²) in [7, 11) is 0. The maximum atomic E-state index is 8.66. The molecule has 4 nitrogen and oxygen atoms in total. The number of nitrogens with two attached hydrogens (primary N) is 2. The van der Waals surface area contributed by atoms with Gasteiger partial charge < -0.3 is 21.7 Å². The molecule has 0 amide bonds. The quantitative estimate of drug-likeness (QED) is 0.677. The second kappa shape index (κ2) is 9.23. The Balaban J connectivity index is 0.000000200. The maximum absolute atomic E-state index is 8.66. The van der Waals surface area contributed by atoms with Gasteiger partial charge in [0.15, 0.2) is 0 Å². The van der Waals surface area contributed by atoms with E-state index in [1.807, 2.05) is 60.7 Å². The van der Waals surface area contributed by atoms with E-state index >= 15 is 0 Å². The molecule has 0 saturated heterocycles. The number of benzene rings is 2. The first-order valence-electron chi connectivity index (χ1n) is 6.51. The Morgan fingerprint density at radius 3 is 1.20 bits per heavy atom. The minimum atomic E-state index is -0.235. The van der Waals surface area contributed by atoms with Gasteiger partial charge >= 0.3 is 0 Å². The number of hydrogen-bond donors (Lipinski definition) is 4. The van der Waals surface area contributed by atoms with E-state index in [1.165, 1.54) is 0 Å². The van der Waals surface area contributed by atoms with Gasteiger partial charge in [-0.05, 0) is 11.1 Å². The van der Waals surface area contributed by atoms with E-state index in [1.54, 1.807) is 0 Å². The lowest BCUT2D eigenvalue weighted by Gasteiger charge is -2.06. The largest absolute Gasteiger partial charge is 0.394 e. The first-order chi connectivity index (χ1) is 9.69. The molecular formula is C16H22N2O2. The molecular weight excluding hydrogens is 252 g/mol. The Kier molecular flexibility index (Phi) is 7.54. The van der Waals surface area contributed by atoms with E-state index in [2.05, 4.69) is 0 Å². The van der Waals surface area contributed by atoms with Crippen molar-refractivity contribution in [2.75, 3.05) is 13.2 Å². The van der Waals surface area contributed by atoms with E-state index in [0.717, 1.165) is 11.1 Å². The standard InChI is InChI=1S/2C8H11NO/c2*9-8(6-10)7-4-2-1-3-5-7/h2*1-5,8,10H,6,9H2/t8-;/m0./s1. The van der Waals surface area contributed by atoms with Crippen molar-refractivity contribution < 1.29 is 10.2 Å². The highest BCUT2D eigenvalue weighted by atomic mass is 16.3. The highest BCUT2D eigenvalue weighted by molar-refractivity contribution is 5.18. The van der Waals surface area contributed by atoms with E-state index < -0.39 is 0 Å². The van der Waals surface area contributed by atoms with Crippen LogP contribution in [0.2, 0.25) is 0 Å². The van der Waals surface area contributed by atoms with Crippen molar-refractivity contribution in [3.05, 3.63) is 71.8 Å². The molecule has 0 fully saturated rings. The molecule has 0 bridgehead atoms. The molecule has 1 unspecified atom stereocenters. The molecule has 0 saturated carbocycles. The molecule has 2 aromatic carbocycles. The SMILES string of the molecule is NC(CO)c1ccccc1.N[C@@H](CO)c1ccccc1. The van der Waals surface area contributed by atoms with Crippen LogP contribution in [0.3, 0.4) is 0 Å². The highest BCUT2D eigenvalue weighted by Crippen LogP contribution is 2.07. The highest BCUT2D eigenvalue weighted by Gasteiger charge is 2.01. The van der Waals surface area contributed by atoms with Crippen molar-refractivity contribution in [3.63, 3.8) is 0 Å². The molecule has 2 atom stereocenters. The third-order valence-electron chi connectivity index (χ3n) is 2.85. The number of hydrogen-bond acceptors (Lipinski definition) is 4. The Labute approximate surface area is 119 Å².